The van der Waals surface area contributed by atoms with Crippen LogP contribution in [0.4, 0.5) is 4.79 Å². The Kier molecular flexibility index (Phi) is 6.63. The monoisotopic (exact) mass is 321 g/mol. The number of carbonyl (C=O) groups is 2. The highest BCUT2D eigenvalue weighted by Gasteiger charge is 2.23. The molecule has 0 bridgehead atoms. The number of alkyl carbamates (subject to hydrolysis) is 1. The predicted octanol–water partition coefficient (Wildman–Crippen LogP) is 2.86. The van der Waals surface area contributed by atoms with Crippen LogP contribution in [0.5, 0.6) is 5.75 Å². The Balaban J connectivity index is 2.66. The lowest BCUT2D eigenvalue weighted by Gasteiger charge is -2.22. The Labute approximate surface area is 136 Å². The highest BCUT2D eigenvalue weighted by Crippen LogP contribution is 2.12. The van der Waals surface area contributed by atoms with Gasteiger partial charge in [0.05, 0.1) is 7.11 Å². The molecule has 0 aliphatic rings. The molecule has 6 nitrogen and oxygen atoms in total. The molecule has 6 heteroatoms. The Hall–Kier alpha value is -2.50. The Morgan fingerprint density at radius 3 is 2.39 bits per heavy atom. The van der Waals surface area contributed by atoms with Crippen LogP contribution in [0.25, 0.3) is 6.08 Å². The van der Waals surface area contributed by atoms with E-state index in [0.717, 1.165) is 5.56 Å². The average Bonchev–Trinajstić information content (AvgIpc) is 2.45. The third kappa shape index (κ3) is 7.35. The zero-order valence-electron chi connectivity index (χ0n) is 13.8. The van der Waals surface area contributed by atoms with Crippen molar-refractivity contribution in [3.8, 4) is 5.75 Å². The van der Waals surface area contributed by atoms with Gasteiger partial charge in [0.2, 0.25) is 0 Å². The molecule has 1 aromatic carbocycles. The van der Waals surface area contributed by atoms with Gasteiger partial charge in [-0.3, -0.25) is 0 Å². The second kappa shape index (κ2) is 8.22. The van der Waals surface area contributed by atoms with Crippen molar-refractivity contribution < 1.29 is 24.2 Å². The van der Waals surface area contributed by atoms with Crippen LogP contribution in [-0.4, -0.2) is 35.9 Å². The highest BCUT2D eigenvalue weighted by atomic mass is 16.6. The molecular weight excluding hydrogens is 298 g/mol. The number of rotatable bonds is 5. The largest absolute Gasteiger partial charge is 0.508 e. The van der Waals surface area contributed by atoms with Crippen LogP contribution >= 0.6 is 0 Å². The molecule has 23 heavy (non-hydrogen) atoms. The van der Waals surface area contributed by atoms with Crippen LogP contribution in [0.1, 0.15) is 32.8 Å². The van der Waals surface area contributed by atoms with Gasteiger partial charge in [0, 0.05) is 0 Å². The maximum Gasteiger partial charge on any atom is 0.408 e. The standard InChI is InChI=1S/C17H23NO5/c1-17(2,3)23-16(21)18-14(15(20)22-4)7-5-6-12-8-10-13(19)11-9-12/h5-6,8-11,14,19H,7H2,1-4H3,(H,18,21)/b6-5-/t14-/m0/s1. The van der Waals surface area contributed by atoms with Gasteiger partial charge in [-0.2, -0.15) is 0 Å². The van der Waals surface area contributed by atoms with E-state index in [1.54, 1.807) is 57.2 Å². The molecule has 1 amide bonds. The van der Waals surface area contributed by atoms with Gasteiger partial charge in [-0.05, 0) is 44.9 Å². The average molecular weight is 321 g/mol. The quantitative estimate of drug-likeness (QED) is 0.815. The number of hydrogen-bond acceptors (Lipinski definition) is 5. The van der Waals surface area contributed by atoms with Gasteiger partial charge < -0.3 is 19.9 Å². The molecule has 0 heterocycles. The maximum absolute atomic E-state index is 11.8. The summed E-state index contributed by atoms with van der Waals surface area (Å²) in [5.41, 5.74) is 0.218. The number of amides is 1. The molecule has 0 saturated carbocycles. The molecule has 0 fully saturated rings. The summed E-state index contributed by atoms with van der Waals surface area (Å²) in [6, 6.07) is 5.77. The lowest BCUT2D eigenvalue weighted by Crippen LogP contribution is -2.43. The highest BCUT2D eigenvalue weighted by molar-refractivity contribution is 5.81. The van der Waals surface area contributed by atoms with Gasteiger partial charge in [0.15, 0.2) is 0 Å². The maximum atomic E-state index is 11.8. The van der Waals surface area contributed by atoms with Crippen molar-refractivity contribution in [3.05, 3.63) is 35.9 Å². The Bertz CT molecular complexity index is 557. The summed E-state index contributed by atoms with van der Waals surface area (Å²) in [6.07, 6.45) is 3.11. The zero-order chi connectivity index (χ0) is 17.5. The molecule has 0 unspecified atom stereocenters. The SMILES string of the molecule is COC(=O)[C@H](C/C=C\c1ccc(O)cc1)NC(=O)OC(C)(C)C. The number of aromatic hydroxyl groups is 1. The number of nitrogens with one attached hydrogen (secondary N) is 1. The van der Waals surface area contributed by atoms with Crippen LogP contribution in [0.15, 0.2) is 30.3 Å². The fraction of sp³-hybridized carbons (Fsp3) is 0.412. The van der Waals surface area contributed by atoms with Crippen LogP contribution in [0.2, 0.25) is 0 Å². The van der Waals surface area contributed by atoms with Gasteiger partial charge in [0.1, 0.15) is 17.4 Å². The molecule has 0 spiro atoms. The Morgan fingerprint density at radius 2 is 1.87 bits per heavy atom. The number of ether oxygens (including phenoxy) is 2. The number of carbonyl (C=O) groups excluding carboxylic acids is 2. The van der Waals surface area contributed by atoms with E-state index in [2.05, 4.69) is 10.1 Å². The van der Waals surface area contributed by atoms with Crippen molar-refractivity contribution in [2.24, 2.45) is 0 Å². The minimum Gasteiger partial charge on any atom is -0.508 e. The first kappa shape index (κ1) is 18.5. The van der Waals surface area contributed by atoms with Crippen LogP contribution in [0.3, 0.4) is 0 Å². The summed E-state index contributed by atoms with van der Waals surface area (Å²) in [4.78, 5) is 23.5. The fourth-order valence-corrected chi connectivity index (χ4v) is 1.73. The van der Waals surface area contributed by atoms with Gasteiger partial charge in [-0.15, -0.1) is 0 Å². The van der Waals surface area contributed by atoms with Gasteiger partial charge >= 0.3 is 12.1 Å². The van der Waals surface area contributed by atoms with E-state index in [0.29, 0.717) is 0 Å². The van der Waals surface area contributed by atoms with E-state index in [4.69, 9.17) is 4.74 Å². The van der Waals surface area contributed by atoms with Crippen molar-refractivity contribution in [3.63, 3.8) is 0 Å². The first-order valence-corrected chi connectivity index (χ1v) is 7.24. The van der Waals surface area contributed by atoms with Crippen LogP contribution in [-0.2, 0) is 14.3 Å². The van der Waals surface area contributed by atoms with Crippen molar-refractivity contribution >= 4 is 18.1 Å². The minimum atomic E-state index is -0.830. The molecule has 0 aromatic heterocycles. The minimum absolute atomic E-state index is 0.182. The van der Waals surface area contributed by atoms with Crippen molar-refractivity contribution in [2.45, 2.75) is 38.8 Å². The topological polar surface area (TPSA) is 84.9 Å². The molecule has 0 radical (unpaired) electrons. The lowest BCUT2D eigenvalue weighted by molar-refractivity contribution is -0.143. The van der Waals surface area contributed by atoms with Crippen LogP contribution in [0, 0.1) is 0 Å². The third-order valence-corrected chi connectivity index (χ3v) is 2.75. The second-order valence-corrected chi connectivity index (χ2v) is 5.95. The summed E-state index contributed by atoms with van der Waals surface area (Å²) >= 11 is 0. The van der Waals surface area contributed by atoms with Crippen molar-refractivity contribution in [1.82, 2.24) is 5.32 Å². The molecule has 1 rings (SSSR count). The number of methoxy groups -OCH3 is 1. The molecule has 1 aromatic rings. The van der Waals surface area contributed by atoms with E-state index in [9.17, 15) is 14.7 Å². The van der Waals surface area contributed by atoms with Crippen LogP contribution < -0.4 is 5.32 Å². The predicted molar refractivity (Wildman–Crippen MR) is 86.9 cm³/mol. The van der Waals surface area contributed by atoms with Gasteiger partial charge in [-0.1, -0.05) is 24.3 Å². The lowest BCUT2D eigenvalue weighted by atomic mass is 10.1. The molecule has 126 valence electrons. The Morgan fingerprint density at radius 1 is 1.26 bits per heavy atom. The summed E-state index contributed by atoms with van der Waals surface area (Å²) < 4.78 is 9.82. The van der Waals surface area contributed by atoms with E-state index in [1.165, 1.54) is 7.11 Å². The molecule has 2 N–H and O–H groups in total. The second-order valence-electron chi connectivity index (χ2n) is 5.95. The number of benzene rings is 1. The summed E-state index contributed by atoms with van der Waals surface area (Å²) in [7, 11) is 1.26. The normalized spacial score (nSPS) is 12.7. The van der Waals surface area contributed by atoms with E-state index >= 15 is 0 Å². The van der Waals surface area contributed by atoms with Gasteiger partial charge in [0.25, 0.3) is 0 Å². The number of phenols is 1. The summed E-state index contributed by atoms with van der Waals surface area (Å²) in [5.74, 6) is -0.368. The number of hydrogen-bond donors (Lipinski definition) is 2. The molecular formula is C17H23NO5. The summed E-state index contributed by atoms with van der Waals surface area (Å²) in [5, 5.41) is 11.7. The van der Waals surface area contributed by atoms with Gasteiger partial charge in [-0.25, -0.2) is 9.59 Å². The number of phenolic OH excluding ortho intramolecular Hbond substituents is 1. The fourth-order valence-electron chi connectivity index (χ4n) is 1.73. The van der Waals surface area contributed by atoms with E-state index in [1.807, 2.05) is 0 Å². The number of esters is 1. The van der Waals surface area contributed by atoms with Crippen molar-refractivity contribution in [1.29, 1.82) is 0 Å². The first-order chi connectivity index (χ1) is 10.7. The molecule has 0 aliphatic heterocycles. The smallest absolute Gasteiger partial charge is 0.408 e. The molecule has 1 atom stereocenters. The van der Waals surface area contributed by atoms with Crippen molar-refractivity contribution in [2.75, 3.05) is 7.11 Å². The summed E-state index contributed by atoms with van der Waals surface area (Å²) in [6.45, 7) is 5.22. The first-order valence-electron chi connectivity index (χ1n) is 7.24. The molecule has 0 aliphatic carbocycles. The third-order valence-electron chi connectivity index (χ3n) is 2.75. The van der Waals surface area contributed by atoms with E-state index < -0.39 is 23.7 Å². The molecule has 0 saturated heterocycles. The zero-order valence-corrected chi connectivity index (χ0v) is 13.8. The van der Waals surface area contributed by atoms with E-state index in [-0.39, 0.29) is 12.2 Å².